The fraction of sp³-hybridized carbons (Fsp3) is 0.417. The minimum atomic E-state index is -0.0432. The first-order valence-electron chi connectivity index (χ1n) is 10.6. The Hall–Kier alpha value is -3.02. The van der Waals surface area contributed by atoms with Gasteiger partial charge in [-0.3, -0.25) is 9.59 Å². The second-order valence-electron chi connectivity index (χ2n) is 7.59. The van der Waals surface area contributed by atoms with E-state index in [1.54, 1.807) is 24.3 Å². The molecular weight excluding hydrogens is 382 g/mol. The lowest BCUT2D eigenvalue weighted by Gasteiger charge is -2.25. The molecule has 0 bridgehead atoms. The number of fused-ring (bicyclic) bond motifs is 1. The van der Waals surface area contributed by atoms with Crippen molar-refractivity contribution in [1.29, 1.82) is 0 Å². The predicted octanol–water partition coefficient (Wildman–Crippen LogP) is 4.18. The molecule has 6 nitrogen and oxygen atoms in total. The van der Waals surface area contributed by atoms with E-state index in [-0.39, 0.29) is 24.3 Å². The fourth-order valence-corrected chi connectivity index (χ4v) is 3.97. The number of amides is 1. The summed E-state index contributed by atoms with van der Waals surface area (Å²) in [6, 6.07) is 12.9. The highest BCUT2D eigenvalue weighted by Gasteiger charge is 2.31. The van der Waals surface area contributed by atoms with Gasteiger partial charge in [0.05, 0.1) is 19.3 Å². The zero-order chi connectivity index (χ0) is 20.9. The fourth-order valence-electron chi connectivity index (χ4n) is 3.97. The number of Topliss-reactive ketones (excluding diaryl/α,β-unsaturated/α-hetero) is 1. The van der Waals surface area contributed by atoms with Crippen molar-refractivity contribution in [3.8, 4) is 17.2 Å². The van der Waals surface area contributed by atoms with Gasteiger partial charge in [-0.25, -0.2) is 0 Å². The van der Waals surface area contributed by atoms with E-state index in [2.05, 4.69) is 0 Å². The molecule has 2 aromatic carbocycles. The highest BCUT2D eigenvalue weighted by Crippen LogP contribution is 2.38. The van der Waals surface area contributed by atoms with Crippen LogP contribution >= 0.6 is 0 Å². The van der Waals surface area contributed by atoms with Crippen molar-refractivity contribution in [2.75, 3.05) is 26.4 Å². The van der Waals surface area contributed by atoms with Crippen LogP contribution in [0.15, 0.2) is 42.5 Å². The zero-order valence-corrected chi connectivity index (χ0v) is 17.3. The first-order valence-corrected chi connectivity index (χ1v) is 10.6. The van der Waals surface area contributed by atoms with Gasteiger partial charge in [0.25, 0.3) is 5.91 Å². The quantitative estimate of drug-likeness (QED) is 0.670. The minimum absolute atomic E-state index is 0.0165. The average Bonchev–Trinajstić information content (AvgIpc) is 3.16. The number of hydrogen-bond acceptors (Lipinski definition) is 5. The lowest BCUT2D eigenvalue weighted by Crippen LogP contribution is -2.34. The number of rotatable bonds is 6. The maximum Gasteiger partial charge on any atom is 0.261 e. The average molecular weight is 409 g/mol. The third-order valence-electron chi connectivity index (χ3n) is 5.59. The summed E-state index contributed by atoms with van der Waals surface area (Å²) in [6.07, 6.45) is 3.20. The molecule has 0 unspecified atom stereocenters. The van der Waals surface area contributed by atoms with Gasteiger partial charge in [0.15, 0.2) is 23.9 Å². The number of hydrogen-bond donors (Lipinski definition) is 0. The largest absolute Gasteiger partial charge is 0.490 e. The molecule has 1 fully saturated rings. The lowest BCUT2D eigenvalue weighted by atomic mass is 10.0. The summed E-state index contributed by atoms with van der Waals surface area (Å²) in [4.78, 5) is 26.5. The SMILES string of the molecule is CCC(=O)c1ccc(OCC(=O)N2CCC[C@@H]2c2ccc3c(c2)OCCCO3)cc1. The smallest absolute Gasteiger partial charge is 0.261 e. The number of likely N-dealkylation sites (tertiary alicyclic amines) is 1. The highest BCUT2D eigenvalue weighted by atomic mass is 16.5. The molecule has 0 radical (unpaired) electrons. The molecule has 2 heterocycles. The van der Waals surface area contributed by atoms with E-state index < -0.39 is 0 Å². The normalized spacial score (nSPS) is 18.0. The molecule has 0 N–H and O–H groups in total. The Balaban J connectivity index is 1.40. The summed E-state index contributed by atoms with van der Waals surface area (Å²) in [5.74, 6) is 2.15. The van der Waals surface area contributed by atoms with Crippen molar-refractivity contribution < 1.29 is 23.8 Å². The molecule has 4 rings (SSSR count). The van der Waals surface area contributed by atoms with Gasteiger partial charge in [0.1, 0.15) is 5.75 Å². The van der Waals surface area contributed by atoms with Crippen LogP contribution < -0.4 is 14.2 Å². The second kappa shape index (κ2) is 9.20. The van der Waals surface area contributed by atoms with E-state index in [0.29, 0.717) is 37.5 Å². The summed E-state index contributed by atoms with van der Waals surface area (Å²) in [6.45, 7) is 3.82. The van der Waals surface area contributed by atoms with Gasteiger partial charge in [0.2, 0.25) is 0 Å². The number of benzene rings is 2. The predicted molar refractivity (Wildman–Crippen MR) is 112 cm³/mol. The van der Waals surface area contributed by atoms with E-state index in [0.717, 1.165) is 36.3 Å². The molecule has 2 aromatic rings. The minimum Gasteiger partial charge on any atom is -0.490 e. The molecular formula is C24H27NO5. The van der Waals surface area contributed by atoms with Crippen LogP contribution in [0.25, 0.3) is 0 Å². The third kappa shape index (κ3) is 4.42. The van der Waals surface area contributed by atoms with Crippen LogP contribution in [0, 0.1) is 0 Å². The van der Waals surface area contributed by atoms with Crippen molar-refractivity contribution in [1.82, 2.24) is 4.90 Å². The molecule has 6 heteroatoms. The lowest BCUT2D eigenvalue weighted by molar-refractivity contribution is -0.134. The summed E-state index contributed by atoms with van der Waals surface area (Å²) in [5, 5.41) is 0. The molecule has 1 saturated heterocycles. The molecule has 2 aliphatic heterocycles. The maximum absolute atomic E-state index is 12.9. The number of carbonyl (C=O) groups is 2. The zero-order valence-electron chi connectivity index (χ0n) is 17.3. The Kier molecular flexibility index (Phi) is 6.21. The second-order valence-corrected chi connectivity index (χ2v) is 7.59. The van der Waals surface area contributed by atoms with Crippen LogP contribution in [0.3, 0.4) is 0 Å². The van der Waals surface area contributed by atoms with E-state index >= 15 is 0 Å². The van der Waals surface area contributed by atoms with Gasteiger partial charge >= 0.3 is 0 Å². The Morgan fingerprint density at radius 3 is 2.57 bits per heavy atom. The van der Waals surface area contributed by atoms with Crippen molar-refractivity contribution in [3.05, 3.63) is 53.6 Å². The van der Waals surface area contributed by atoms with Gasteiger partial charge in [-0.05, 0) is 54.8 Å². The maximum atomic E-state index is 12.9. The van der Waals surface area contributed by atoms with Crippen LogP contribution in [-0.2, 0) is 4.79 Å². The molecule has 158 valence electrons. The molecule has 1 amide bonds. The first kappa shape index (κ1) is 20.3. The van der Waals surface area contributed by atoms with Crippen molar-refractivity contribution >= 4 is 11.7 Å². The van der Waals surface area contributed by atoms with Crippen molar-refractivity contribution in [3.63, 3.8) is 0 Å². The molecule has 0 saturated carbocycles. The van der Waals surface area contributed by atoms with Crippen LogP contribution in [0.5, 0.6) is 17.2 Å². The van der Waals surface area contributed by atoms with E-state index in [9.17, 15) is 9.59 Å². The van der Waals surface area contributed by atoms with E-state index in [1.165, 1.54) is 0 Å². The summed E-state index contributed by atoms with van der Waals surface area (Å²) < 4.78 is 17.2. The van der Waals surface area contributed by atoms with Crippen LogP contribution in [0.2, 0.25) is 0 Å². The summed E-state index contributed by atoms with van der Waals surface area (Å²) in [5.41, 5.74) is 1.72. The van der Waals surface area contributed by atoms with Crippen LogP contribution in [0.4, 0.5) is 0 Å². The molecule has 0 aliphatic carbocycles. The molecule has 1 atom stereocenters. The van der Waals surface area contributed by atoms with Gasteiger partial charge in [-0.15, -0.1) is 0 Å². The Labute approximate surface area is 176 Å². The van der Waals surface area contributed by atoms with Crippen molar-refractivity contribution in [2.45, 2.75) is 38.6 Å². The molecule has 30 heavy (non-hydrogen) atoms. The standard InChI is InChI=1S/C24H27NO5/c1-2-21(26)17-6-9-19(10-7-17)30-16-24(27)25-12-3-5-20(25)18-8-11-22-23(15-18)29-14-4-13-28-22/h6-11,15,20H,2-5,12-14,16H2,1H3/t20-/m1/s1. The molecule has 0 aromatic heterocycles. The number of ether oxygens (including phenoxy) is 3. The number of ketones is 1. The van der Waals surface area contributed by atoms with Gasteiger partial charge in [0, 0.05) is 24.9 Å². The van der Waals surface area contributed by atoms with E-state index in [4.69, 9.17) is 14.2 Å². The molecule has 0 spiro atoms. The summed E-state index contributed by atoms with van der Waals surface area (Å²) in [7, 11) is 0. The third-order valence-corrected chi connectivity index (χ3v) is 5.59. The monoisotopic (exact) mass is 409 g/mol. The Morgan fingerprint density at radius 2 is 1.80 bits per heavy atom. The number of carbonyl (C=O) groups excluding carboxylic acids is 2. The highest BCUT2D eigenvalue weighted by molar-refractivity contribution is 5.95. The van der Waals surface area contributed by atoms with Gasteiger partial charge < -0.3 is 19.1 Å². The van der Waals surface area contributed by atoms with Crippen molar-refractivity contribution in [2.24, 2.45) is 0 Å². The topological polar surface area (TPSA) is 65.1 Å². The summed E-state index contributed by atoms with van der Waals surface area (Å²) >= 11 is 0. The number of nitrogens with zero attached hydrogens (tertiary/aromatic N) is 1. The van der Waals surface area contributed by atoms with Gasteiger partial charge in [-0.2, -0.15) is 0 Å². The van der Waals surface area contributed by atoms with Crippen LogP contribution in [0.1, 0.15) is 54.6 Å². The molecule has 2 aliphatic rings. The first-order chi connectivity index (χ1) is 14.7. The van der Waals surface area contributed by atoms with Gasteiger partial charge in [-0.1, -0.05) is 13.0 Å². The Morgan fingerprint density at radius 1 is 1.03 bits per heavy atom. The van der Waals surface area contributed by atoms with E-state index in [1.807, 2.05) is 30.0 Å². The van der Waals surface area contributed by atoms with Crippen LogP contribution in [-0.4, -0.2) is 43.0 Å². The Bertz CT molecular complexity index is 908.